The van der Waals surface area contributed by atoms with Crippen LogP contribution in [0.1, 0.15) is 32.1 Å². The van der Waals surface area contributed by atoms with E-state index in [9.17, 15) is 4.79 Å². The molecule has 1 amide bonds. The molecular weight excluding hydrogens is 292 g/mol. The zero-order valence-corrected chi connectivity index (χ0v) is 12.8. The Bertz CT molecular complexity index is 728. The Morgan fingerprint density at radius 2 is 1.78 bits per heavy atom. The Morgan fingerprint density at radius 1 is 1.04 bits per heavy atom. The van der Waals surface area contributed by atoms with E-state index in [1.54, 1.807) is 6.33 Å². The van der Waals surface area contributed by atoms with Gasteiger partial charge in [0.25, 0.3) is 0 Å². The van der Waals surface area contributed by atoms with Crippen molar-refractivity contribution in [3.63, 3.8) is 0 Å². The van der Waals surface area contributed by atoms with Crippen LogP contribution in [0.15, 0.2) is 12.7 Å². The molecule has 0 unspecified atom stereocenters. The summed E-state index contributed by atoms with van der Waals surface area (Å²) in [7, 11) is 0. The highest BCUT2D eigenvalue weighted by atomic mass is 16.2. The van der Waals surface area contributed by atoms with E-state index in [4.69, 9.17) is 0 Å². The van der Waals surface area contributed by atoms with Gasteiger partial charge in [-0.2, -0.15) is 0 Å². The van der Waals surface area contributed by atoms with E-state index in [0.29, 0.717) is 28.8 Å². The molecule has 0 atom stereocenters. The van der Waals surface area contributed by atoms with E-state index in [1.165, 1.54) is 38.4 Å². The number of hydrogen-bond acceptors (Lipinski definition) is 5. The third-order valence-corrected chi connectivity index (χ3v) is 6.06. The summed E-state index contributed by atoms with van der Waals surface area (Å²) in [4.78, 5) is 28.1. The number of imidazole rings is 1. The van der Waals surface area contributed by atoms with Gasteiger partial charge in [0.15, 0.2) is 11.5 Å². The number of carbonyl (C=O) groups is 1. The van der Waals surface area contributed by atoms with Gasteiger partial charge in [0.2, 0.25) is 5.91 Å². The maximum absolute atomic E-state index is 12.7. The van der Waals surface area contributed by atoms with E-state index >= 15 is 0 Å². The molecule has 2 aromatic heterocycles. The van der Waals surface area contributed by atoms with E-state index in [1.807, 2.05) is 0 Å². The zero-order valence-electron chi connectivity index (χ0n) is 12.8. The largest absolute Gasteiger partial charge is 0.340 e. The highest BCUT2D eigenvalue weighted by Gasteiger charge is 2.50. The highest BCUT2D eigenvalue weighted by Crippen LogP contribution is 2.56. The Morgan fingerprint density at radius 3 is 2.52 bits per heavy atom. The third kappa shape index (κ3) is 2.09. The molecule has 0 aliphatic heterocycles. The predicted octanol–water partition coefficient (Wildman–Crippen LogP) is 1.87. The van der Waals surface area contributed by atoms with Crippen LogP contribution in [-0.4, -0.2) is 25.8 Å². The van der Waals surface area contributed by atoms with Crippen LogP contribution in [0, 0.1) is 29.6 Å². The molecule has 2 aromatic rings. The van der Waals surface area contributed by atoms with Gasteiger partial charge in [-0.05, 0) is 55.8 Å². The Kier molecular flexibility index (Phi) is 2.83. The van der Waals surface area contributed by atoms with Gasteiger partial charge >= 0.3 is 0 Å². The summed E-state index contributed by atoms with van der Waals surface area (Å²) in [6.07, 6.45) is 9.38. The first-order valence-corrected chi connectivity index (χ1v) is 8.48. The van der Waals surface area contributed by atoms with Gasteiger partial charge in [-0.3, -0.25) is 15.6 Å². The normalized spacial score (nSPS) is 34.7. The SMILES string of the molecule is O=C(NNc1ncnc2nc[nH]c12)C1C2CC3CC(C2)CC1C3. The molecule has 4 bridgehead atoms. The first-order valence-electron chi connectivity index (χ1n) is 8.48. The zero-order chi connectivity index (χ0) is 15.4. The van der Waals surface area contributed by atoms with Crippen LogP contribution in [0.4, 0.5) is 5.82 Å². The number of aromatic nitrogens is 4. The van der Waals surface area contributed by atoms with Crippen LogP contribution in [-0.2, 0) is 4.79 Å². The number of amides is 1. The van der Waals surface area contributed by atoms with Gasteiger partial charge in [0, 0.05) is 5.92 Å². The molecule has 0 aromatic carbocycles. The first-order chi connectivity index (χ1) is 11.3. The minimum absolute atomic E-state index is 0.116. The number of fused-ring (bicyclic) bond motifs is 1. The minimum Gasteiger partial charge on any atom is -0.340 e. The lowest BCUT2D eigenvalue weighted by molar-refractivity contribution is -0.137. The molecule has 0 spiro atoms. The maximum atomic E-state index is 12.7. The van der Waals surface area contributed by atoms with Crippen molar-refractivity contribution in [3.05, 3.63) is 12.7 Å². The second-order valence-corrected chi connectivity index (χ2v) is 7.39. The smallest absolute Gasteiger partial charge is 0.242 e. The topological polar surface area (TPSA) is 95.6 Å². The van der Waals surface area contributed by atoms with Crippen molar-refractivity contribution in [2.24, 2.45) is 29.6 Å². The molecule has 23 heavy (non-hydrogen) atoms. The molecule has 4 fully saturated rings. The Hall–Kier alpha value is -2.18. The van der Waals surface area contributed by atoms with E-state index in [2.05, 4.69) is 30.8 Å². The van der Waals surface area contributed by atoms with Gasteiger partial charge in [0.1, 0.15) is 11.8 Å². The summed E-state index contributed by atoms with van der Waals surface area (Å²) in [6, 6.07) is 0. The second-order valence-electron chi connectivity index (χ2n) is 7.39. The molecule has 4 saturated carbocycles. The van der Waals surface area contributed by atoms with Crippen LogP contribution in [0.3, 0.4) is 0 Å². The number of hydrogen-bond donors (Lipinski definition) is 3. The van der Waals surface area contributed by atoms with Gasteiger partial charge < -0.3 is 4.98 Å². The lowest BCUT2D eigenvalue weighted by atomic mass is 9.52. The number of aromatic amines is 1. The summed E-state index contributed by atoms with van der Waals surface area (Å²) in [5.74, 6) is 3.74. The number of nitrogens with zero attached hydrogens (tertiary/aromatic N) is 3. The molecule has 3 N–H and O–H groups in total. The van der Waals surface area contributed by atoms with Gasteiger partial charge in [-0.25, -0.2) is 15.0 Å². The number of rotatable bonds is 3. The van der Waals surface area contributed by atoms with Crippen molar-refractivity contribution in [2.45, 2.75) is 32.1 Å². The van der Waals surface area contributed by atoms with Crippen molar-refractivity contribution in [3.8, 4) is 0 Å². The van der Waals surface area contributed by atoms with Crippen molar-refractivity contribution in [2.75, 3.05) is 5.43 Å². The average molecular weight is 312 g/mol. The summed E-state index contributed by atoms with van der Waals surface area (Å²) in [6.45, 7) is 0. The Labute approximate surface area is 133 Å². The van der Waals surface area contributed by atoms with Crippen molar-refractivity contribution >= 4 is 22.9 Å². The average Bonchev–Trinajstić information content (AvgIpc) is 3.01. The molecule has 7 heteroatoms. The lowest BCUT2D eigenvalue weighted by Crippen LogP contribution is -2.51. The van der Waals surface area contributed by atoms with Crippen molar-refractivity contribution < 1.29 is 4.79 Å². The summed E-state index contributed by atoms with van der Waals surface area (Å²) in [5.41, 5.74) is 7.14. The number of anilines is 1. The molecule has 7 nitrogen and oxygen atoms in total. The third-order valence-electron chi connectivity index (χ3n) is 6.06. The van der Waals surface area contributed by atoms with Crippen LogP contribution in [0.2, 0.25) is 0 Å². The Balaban J connectivity index is 1.31. The standard InChI is InChI=1S/C16H20N6O/c23-16(12-10-2-8-1-9(4-10)5-11(12)3-8)22-21-15-13-14(18-6-17-13)19-7-20-15/h6-12H,1-5H2,(H,22,23)(H2,17,18,19,20,21). The van der Waals surface area contributed by atoms with Crippen LogP contribution < -0.4 is 10.9 Å². The molecule has 0 saturated heterocycles. The number of nitrogens with one attached hydrogen (secondary N) is 3. The molecule has 120 valence electrons. The highest BCUT2D eigenvalue weighted by molar-refractivity contribution is 5.85. The van der Waals surface area contributed by atoms with Crippen molar-refractivity contribution in [1.82, 2.24) is 25.4 Å². The van der Waals surface area contributed by atoms with Crippen molar-refractivity contribution in [1.29, 1.82) is 0 Å². The second kappa shape index (κ2) is 4.91. The fraction of sp³-hybridized carbons (Fsp3) is 0.625. The maximum Gasteiger partial charge on any atom is 0.242 e. The molecular formula is C16H20N6O. The van der Waals surface area contributed by atoms with Gasteiger partial charge in [-0.15, -0.1) is 0 Å². The molecule has 4 aliphatic rings. The quantitative estimate of drug-likeness (QED) is 0.752. The van der Waals surface area contributed by atoms with Crippen LogP contribution in [0.5, 0.6) is 0 Å². The minimum atomic E-state index is 0.116. The monoisotopic (exact) mass is 312 g/mol. The van der Waals surface area contributed by atoms with Crippen LogP contribution in [0.25, 0.3) is 11.2 Å². The molecule has 0 radical (unpaired) electrons. The number of carbonyl (C=O) groups excluding carboxylic acids is 1. The molecule has 4 aliphatic carbocycles. The first kappa shape index (κ1) is 13.3. The molecule has 6 rings (SSSR count). The fourth-order valence-corrected chi connectivity index (χ4v) is 5.42. The van der Waals surface area contributed by atoms with E-state index in [-0.39, 0.29) is 11.8 Å². The van der Waals surface area contributed by atoms with Crippen LogP contribution >= 0.6 is 0 Å². The molecule has 2 heterocycles. The summed E-state index contributed by atoms with van der Waals surface area (Å²) in [5, 5.41) is 0. The fourth-order valence-electron chi connectivity index (χ4n) is 5.42. The predicted molar refractivity (Wildman–Crippen MR) is 84.0 cm³/mol. The van der Waals surface area contributed by atoms with Gasteiger partial charge in [-0.1, -0.05) is 0 Å². The van der Waals surface area contributed by atoms with Gasteiger partial charge in [0.05, 0.1) is 6.33 Å². The number of H-pyrrole nitrogens is 1. The number of hydrazine groups is 1. The summed E-state index contributed by atoms with van der Waals surface area (Å²) >= 11 is 0. The summed E-state index contributed by atoms with van der Waals surface area (Å²) < 4.78 is 0. The lowest BCUT2D eigenvalue weighted by Gasteiger charge is -2.53. The van der Waals surface area contributed by atoms with E-state index < -0.39 is 0 Å². The van der Waals surface area contributed by atoms with E-state index in [0.717, 1.165) is 11.8 Å².